The van der Waals surface area contributed by atoms with Gasteiger partial charge in [-0.2, -0.15) is 0 Å². The second kappa shape index (κ2) is 8.55. The number of halogens is 1. The van der Waals surface area contributed by atoms with E-state index >= 15 is 0 Å². The molecule has 0 saturated carbocycles. The lowest BCUT2D eigenvalue weighted by Crippen LogP contribution is -2.45. The van der Waals surface area contributed by atoms with Crippen LogP contribution in [0.15, 0.2) is 77.4 Å². The minimum Gasteiger partial charge on any atom is -0.467 e. The second-order valence-corrected chi connectivity index (χ2v) is 7.46. The number of amides is 3. The lowest BCUT2D eigenvalue weighted by atomic mass is 10.1. The molecule has 0 aliphatic carbocycles. The summed E-state index contributed by atoms with van der Waals surface area (Å²) in [4.78, 5) is 41.6. The Morgan fingerprint density at radius 2 is 1.77 bits per heavy atom. The van der Waals surface area contributed by atoms with Crippen molar-refractivity contribution < 1.29 is 18.8 Å². The van der Waals surface area contributed by atoms with Crippen LogP contribution in [0.1, 0.15) is 17.7 Å². The number of carbonyl (C=O) groups is 3. The first-order valence-corrected chi connectivity index (χ1v) is 9.89. The molecule has 1 aromatic heterocycles. The Hall–Kier alpha value is -3.38. The van der Waals surface area contributed by atoms with Gasteiger partial charge in [0.1, 0.15) is 11.8 Å². The van der Waals surface area contributed by atoms with E-state index in [-0.39, 0.29) is 31.2 Å². The smallest absolute Gasteiger partial charge is 0.257 e. The SMILES string of the molecule is O=C1CC(N(Cc2ccco2)C(=O)Cc2ccccc2)C(=O)N1c1ccc(Cl)cc1. The van der Waals surface area contributed by atoms with Gasteiger partial charge >= 0.3 is 0 Å². The van der Waals surface area contributed by atoms with E-state index in [4.69, 9.17) is 16.0 Å². The number of carbonyl (C=O) groups excluding carboxylic acids is 3. The third-order valence-electron chi connectivity index (χ3n) is 5.01. The van der Waals surface area contributed by atoms with Crippen molar-refractivity contribution >= 4 is 35.0 Å². The molecule has 0 N–H and O–H groups in total. The summed E-state index contributed by atoms with van der Waals surface area (Å²) in [6.07, 6.45) is 1.56. The molecule has 3 amide bonds. The van der Waals surface area contributed by atoms with Crippen LogP contribution in [0.2, 0.25) is 5.02 Å². The molecule has 6 nitrogen and oxygen atoms in total. The summed E-state index contributed by atoms with van der Waals surface area (Å²) in [6, 6.07) is 18.3. The molecular weight excluding hydrogens is 404 g/mol. The lowest BCUT2D eigenvalue weighted by Gasteiger charge is -2.27. The standard InChI is InChI=1S/C23H19ClN2O4/c24-17-8-10-18(11-9-17)26-22(28)14-20(23(26)29)25(15-19-7-4-12-30-19)21(27)13-16-5-2-1-3-6-16/h1-12,20H,13-15H2. The molecule has 1 aliphatic heterocycles. The van der Waals surface area contributed by atoms with E-state index in [1.165, 1.54) is 11.2 Å². The molecule has 0 radical (unpaired) electrons. The molecule has 30 heavy (non-hydrogen) atoms. The maximum atomic E-state index is 13.2. The average Bonchev–Trinajstić information content (AvgIpc) is 3.35. The summed E-state index contributed by atoms with van der Waals surface area (Å²) in [7, 11) is 0. The van der Waals surface area contributed by atoms with Gasteiger partial charge in [0.15, 0.2) is 0 Å². The fraction of sp³-hybridized carbons (Fsp3) is 0.174. The highest BCUT2D eigenvalue weighted by Gasteiger charge is 2.44. The maximum Gasteiger partial charge on any atom is 0.257 e. The zero-order valence-corrected chi connectivity index (χ0v) is 16.8. The van der Waals surface area contributed by atoms with Crippen molar-refractivity contribution in [3.8, 4) is 0 Å². The predicted molar refractivity (Wildman–Crippen MR) is 112 cm³/mol. The molecule has 3 aromatic rings. The number of rotatable bonds is 6. The summed E-state index contributed by atoms with van der Waals surface area (Å²) in [5.74, 6) is -0.497. The second-order valence-electron chi connectivity index (χ2n) is 7.03. The van der Waals surface area contributed by atoms with Crippen LogP contribution in [0.25, 0.3) is 0 Å². The van der Waals surface area contributed by atoms with Crippen molar-refractivity contribution in [2.75, 3.05) is 4.90 Å². The van der Waals surface area contributed by atoms with Gasteiger partial charge in [0, 0.05) is 5.02 Å². The molecule has 152 valence electrons. The van der Waals surface area contributed by atoms with Crippen LogP contribution >= 0.6 is 11.6 Å². The molecule has 1 atom stereocenters. The van der Waals surface area contributed by atoms with Crippen LogP contribution in [0.3, 0.4) is 0 Å². The van der Waals surface area contributed by atoms with Gasteiger partial charge in [-0.15, -0.1) is 0 Å². The number of hydrogen-bond donors (Lipinski definition) is 0. The number of benzene rings is 2. The van der Waals surface area contributed by atoms with Crippen molar-refractivity contribution in [2.45, 2.75) is 25.4 Å². The first kappa shape index (κ1) is 19.9. The normalized spacial score (nSPS) is 16.2. The molecule has 7 heteroatoms. The first-order chi connectivity index (χ1) is 14.5. The topological polar surface area (TPSA) is 70.8 Å². The van der Waals surface area contributed by atoms with E-state index in [1.807, 2.05) is 30.3 Å². The Kier molecular flexibility index (Phi) is 5.68. The minimum atomic E-state index is -0.894. The highest BCUT2D eigenvalue weighted by atomic mass is 35.5. The van der Waals surface area contributed by atoms with Gasteiger partial charge in [-0.05, 0) is 42.0 Å². The third kappa shape index (κ3) is 4.14. The Balaban J connectivity index is 1.61. The van der Waals surface area contributed by atoms with Gasteiger partial charge in [-0.25, -0.2) is 4.90 Å². The summed E-state index contributed by atoms with van der Waals surface area (Å²) in [5.41, 5.74) is 1.27. The van der Waals surface area contributed by atoms with Gasteiger partial charge in [0.25, 0.3) is 5.91 Å². The van der Waals surface area contributed by atoms with Crippen molar-refractivity contribution in [1.29, 1.82) is 0 Å². The van der Waals surface area contributed by atoms with Gasteiger partial charge in [0.2, 0.25) is 11.8 Å². The zero-order valence-electron chi connectivity index (χ0n) is 16.0. The predicted octanol–water partition coefficient (Wildman–Crippen LogP) is 3.84. The summed E-state index contributed by atoms with van der Waals surface area (Å²) >= 11 is 5.92. The van der Waals surface area contributed by atoms with Gasteiger partial charge in [-0.3, -0.25) is 14.4 Å². The number of hydrogen-bond acceptors (Lipinski definition) is 4. The average molecular weight is 423 g/mol. The summed E-state index contributed by atoms with van der Waals surface area (Å²) in [6.45, 7) is 0.108. The molecule has 4 rings (SSSR count). The molecule has 1 saturated heterocycles. The van der Waals surface area contributed by atoms with Crippen LogP contribution in [0.5, 0.6) is 0 Å². The fourth-order valence-corrected chi connectivity index (χ4v) is 3.66. The van der Waals surface area contributed by atoms with E-state index in [0.29, 0.717) is 16.5 Å². The summed E-state index contributed by atoms with van der Waals surface area (Å²) in [5, 5.41) is 0.506. The van der Waals surface area contributed by atoms with E-state index in [9.17, 15) is 14.4 Å². The Morgan fingerprint density at radius 3 is 2.43 bits per heavy atom. The fourth-order valence-electron chi connectivity index (χ4n) is 3.54. The Morgan fingerprint density at radius 1 is 1.03 bits per heavy atom. The van der Waals surface area contributed by atoms with Crippen molar-refractivity contribution in [2.24, 2.45) is 0 Å². The Bertz CT molecular complexity index is 1050. The first-order valence-electron chi connectivity index (χ1n) is 9.51. The van der Waals surface area contributed by atoms with Crippen molar-refractivity contribution in [3.05, 3.63) is 89.3 Å². The molecule has 0 bridgehead atoms. The van der Waals surface area contributed by atoms with Crippen molar-refractivity contribution in [1.82, 2.24) is 4.90 Å². The quantitative estimate of drug-likeness (QED) is 0.566. The molecule has 2 heterocycles. The van der Waals surface area contributed by atoms with Crippen LogP contribution in [-0.4, -0.2) is 28.7 Å². The van der Waals surface area contributed by atoms with E-state index < -0.39 is 11.9 Å². The molecule has 1 unspecified atom stereocenters. The van der Waals surface area contributed by atoms with Crippen LogP contribution < -0.4 is 4.90 Å². The largest absolute Gasteiger partial charge is 0.467 e. The zero-order chi connectivity index (χ0) is 21.1. The van der Waals surface area contributed by atoms with Gasteiger partial charge in [-0.1, -0.05) is 41.9 Å². The maximum absolute atomic E-state index is 13.2. The minimum absolute atomic E-state index is 0.0807. The number of anilines is 1. The van der Waals surface area contributed by atoms with E-state index in [1.54, 1.807) is 36.4 Å². The van der Waals surface area contributed by atoms with Crippen molar-refractivity contribution in [3.63, 3.8) is 0 Å². The third-order valence-corrected chi connectivity index (χ3v) is 5.26. The lowest BCUT2D eigenvalue weighted by molar-refractivity contribution is -0.138. The molecule has 0 spiro atoms. The molecule has 2 aromatic carbocycles. The van der Waals surface area contributed by atoms with Crippen LogP contribution in [0, 0.1) is 0 Å². The number of nitrogens with zero attached hydrogens (tertiary/aromatic N) is 2. The Labute approximate surface area is 178 Å². The molecule has 1 fully saturated rings. The highest BCUT2D eigenvalue weighted by Crippen LogP contribution is 2.28. The van der Waals surface area contributed by atoms with Crippen LogP contribution in [-0.2, 0) is 27.3 Å². The monoisotopic (exact) mass is 422 g/mol. The number of furan rings is 1. The molecule has 1 aliphatic rings. The van der Waals surface area contributed by atoms with Gasteiger partial charge < -0.3 is 9.32 Å². The van der Waals surface area contributed by atoms with Crippen LogP contribution in [0.4, 0.5) is 5.69 Å². The van der Waals surface area contributed by atoms with E-state index in [0.717, 1.165) is 10.5 Å². The van der Waals surface area contributed by atoms with Gasteiger partial charge in [0.05, 0.1) is 31.3 Å². The summed E-state index contributed by atoms with van der Waals surface area (Å²) < 4.78 is 5.39. The molecular formula is C23H19ClN2O4. The highest BCUT2D eigenvalue weighted by molar-refractivity contribution is 6.30. The number of imide groups is 1. The van der Waals surface area contributed by atoms with E-state index in [2.05, 4.69) is 0 Å².